The van der Waals surface area contributed by atoms with Crippen LogP contribution < -0.4 is 5.32 Å². The maximum absolute atomic E-state index is 8.21. The molecule has 0 radical (unpaired) electrons. The Kier molecular flexibility index (Phi) is 21.5. The molecule has 0 rings (SSSR count). The highest BCUT2D eigenvalue weighted by Gasteiger charge is 1.81. The third-order valence-electron chi connectivity index (χ3n) is 1.39. The fraction of sp³-hybridized carbons (Fsp3) is 1.00. The summed E-state index contributed by atoms with van der Waals surface area (Å²) in [6.45, 7) is 1.92. The Hall–Kier alpha value is -0.200. The van der Waals surface area contributed by atoms with Crippen LogP contribution in [0.15, 0.2) is 0 Å². The van der Waals surface area contributed by atoms with Gasteiger partial charge in [-0.1, -0.05) is 0 Å². The van der Waals surface area contributed by atoms with Crippen LogP contribution in [0, 0.1) is 0 Å². The van der Waals surface area contributed by atoms with Crippen molar-refractivity contribution in [1.82, 2.24) is 5.32 Å². The summed E-state index contributed by atoms with van der Waals surface area (Å²) < 4.78 is 0. The van der Waals surface area contributed by atoms with Crippen molar-refractivity contribution in [2.75, 3.05) is 39.5 Å². The summed E-state index contributed by atoms with van der Waals surface area (Å²) in [6, 6.07) is 0. The molecule has 0 heterocycles. The summed E-state index contributed by atoms with van der Waals surface area (Å²) in [6.07, 6.45) is 2.58. The minimum atomic E-state index is 0.139. The molecule has 0 spiro atoms. The van der Waals surface area contributed by atoms with Crippen LogP contribution in [-0.4, -0.2) is 59.9 Å². The first-order chi connectivity index (χ1) is 6.83. The normalized spacial score (nSPS) is 9.43. The molecule has 0 bridgehead atoms. The number of hydrogen-bond acceptors (Lipinski definition) is 5. The Morgan fingerprint density at radius 3 is 1.29 bits per heavy atom. The van der Waals surface area contributed by atoms with Gasteiger partial charge in [0.2, 0.25) is 0 Å². The van der Waals surface area contributed by atoms with E-state index in [9.17, 15) is 0 Å². The zero-order chi connectivity index (χ0) is 11.1. The van der Waals surface area contributed by atoms with Gasteiger partial charge in [0.05, 0.1) is 13.2 Å². The maximum Gasteiger partial charge on any atom is 0.0555 e. The number of aliphatic hydroxyl groups excluding tert-OH is 4. The van der Waals surface area contributed by atoms with E-state index in [0.717, 1.165) is 19.3 Å². The molecule has 0 saturated heterocycles. The predicted molar refractivity (Wildman–Crippen MR) is 55.1 cm³/mol. The summed E-state index contributed by atoms with van der Waals surface area (Å²) in [5, 5.41) is 35.5. The van der Waals surface area contributed by atoms with Crippen LogP contribution in [0.5, 0.6) is 0 Å². The van der Waals surface area contributed by atoms with E-state index in [0.29, 0.717) is 13.1 Å². The number of hydrogen-bond donors (Lipinski definition) is 5. The standard InChI is InChI=1S/C5H12O2.C4H11NO2/c6-4-2-1-3-5-7;6-3-1-5-2-4-7/h6-7H,1-5H2;5-7H,1-4H2. The summed E-state index contributed by atoms with van der Waals surface area (Å²) in [7, 11) is 0. The molecule has 5 nitrogen and oxygen atoms in total. The Bertz CT molecular complexity index is 65.2. The molecule has 0 saturated carbocycles. The Morgan fingerprint density at radius 2 is 1.00 bits per heavy atom. The van der Waals surface area contributed by atoms with Crippen molar-refractivity contribution in [3.05, 3.63) is 0 Å². The maximum atomic E-state index is 8.21. The minimum Gasteiger partial charge on any atom is -0.396 e. The van der Waals surface area contributed by atoms with E-state index in [1.807, 2.05) is 0 Å². The van der Waals surface area contributed by atoms with E-state index < -0.39 is 0 Å². The summed E-state index contributed by atoms with van der Waals surface area (Å²) >= 11 is 0. The molecular weight excluding hydrogens is 186 g/mol. The molecule has 0 aliphatic carbocycles. The molecule has 0 aromatic heterocycles. The van der Waals surface area contributed by atoms with Crippen LogP contribution in [0.3, 0.4) is 0 Å². The van der Waals surface area contributed by atoms with Gasteiger partial charge in [0.15, 0.2) is 0 Å². The lowest BCUT2D eigenvalue weighted by Crippen LogP contribution is -2.21. The second-order valence-electron chi connectivity index (χ2n) is 2.71. The molecule has 0 unspecified atom stereocenters. The largest absolute Gasteiger partial charge is 0.396 e. The Balaban J connectivity index is 0. The first-order valence-corrected chi connectivity index (χ1v) is 4.97. The molecular formula is C9H23NO4. The molecule has 0 amide bonds. The lowest BCUT2D eigenvalue weighted by molar-refractivity contribution is 0.257. The van der Waals surface area contributed by atoms with Crippen molar-refractivity contribution < 1.29 is 20.4 Å². The van der Waals surface area contributed by atoms with Gasteiger partial charge in [-0.15, -0.1) is 0 Å². The molecule has 0 aromatic carbocycles. The summed E-state index contributed by atoms with van der Waals surface area (Å²) in [4.78, 5) is 0. The van der Waals surface area contributed by atoms with Crippen LogP contribution in [0.1, 0.15) is 19.3 Å². The van der Waals surface area contributed by atoms with Gasteiger partial charge in [0, 0.05) is 26.3 Å². The molecule has 5 heteroatoms. The molecule has 14 heavy (non-hydrogen) atoms. The quantitative estimate of drug-likeness (QED) is 0.320. The molecule has 0 atom stereocenters. The summed E-state index contributed by atoms with van der Waals surface area (Å²) in [5.74, 6) is 0. The lowest BCUT2D eigenvalue weighted by Gasteiger charge is -1.94. The van der Waals surface area contributed by atoms with E-state index in [1.165, 1.54) is 0 Å². The van der Waals surface area contributed by atoms with Gasteiger partial charge in [0.1, 0.15) is 0 Å². The second-order valence-corrected chi connectivity index (χ2v) is 2.71. The predicted octanol–water partition coefficient (Wildman–Crippen LogP) is -1.30. The van der Waals surface area contributed by atoms with Crippen molar-refractivity contribution in [3.8, 4) is 0 Å². The SMILES string of the molecule is OCCCCCO.OCCNCCO. The number of aliphatic hydroxyl groups is 4. The zero-order valence-corrected chi connectivity index (χ0v) is 8.65. The van der Waals surface area contributed by atoms with Gasteiger partial charge >= 0.3 is 0 Å². The van der Waals surface area contributed by atoms with Gasteiger partial charge in [-0.3, -0.25) is 0 Å². The van der Waals surface area contributed by atoms with Gasteiger partial charge < -0.3 is 25.7 Å². The first-order valence-electron chi connectivity index (χ1n) is 4.97. The minimum absolute atomic E-state index is 0.139. The van der Waals surface area contributed by atoms with E-state index in [4.69, 9.17) is 20.4 Å². The van der Waals surface area contributed by atoms with E-state index >= 15 is 0 Å². The van der Waals surface area contributed by atoms with Crippen LogP contribution >= 0.6 is 0 Å². The summed E-state index contributed by atoms with van der Waals surface area (Å²) in [5.41, 5.74) is 0. The highest BCUT2D eigenvalue weighted by atomic mass is 16.3. The average Bonchev–Trinajstić information content (AvgIpc) is 2.21. The van der Waals surface area contributed by atoms with Crippen LogP contribution in [0.4, 0.5) is 0 Å². The van der Waals surface area contributed by atoms with E-state index in [2.05, 4.69) is 5.32 Å². The third-order valence-corrected chi connectivity index (χ3v) is 1.39. The fourth-order valence-corrected chi connectivity index (χ4v) is 0.683. The van der Waals surface area contributed by atoms with Crippen molar-refractivity contribution in [2.45, 2.75) is 19.3 Å². The molecule has 88 valence electrons. The molecule has 0 aliphatic rings. The van der Waals surface area contributed by atoms with Crippen LogP contribution in [0.2, 0.25) is 0 Å². The zero-order valence-electron chi connectivity index (χ0n) is 8.65. The number of rotatable bonds is 8. The molecule has 0 aromatic rings. The van der Waals surface area contributed by atoms with Gasteiger partial charge in [0.25, 0.3) is 0 Å². The Morgan fingerprint density at radius 1 is 0.571 bits per heavy atom. The van der Waals surface area contributed by atoms with Crippen molar-refractivity contribution in [3.63, 3.8) is 0 Å². The average molecular weight is 209 g/mol. The third kappa shape index (κ3) is 22.6. The first kappa shape index (κ1) is 16.2. The smallest absolute Gasteiger partial charge is 0.0555 e. The monoisotopic (exact) mass is 209 g/mol. The van der Waals surface area contributed by atoms with Crippen LogP contribution in [-0.2, 0) is 0 Å². The van der Waals surface area contributed by atoms with Crippen LogP contribution in [0.25, 0.3) is 0 Å². The van der Waals surface area contributed by atoms with Crippen molar-refractivity contribution in [1.29, 1.82) is 0 Å². The van der Waals surface area contributed by atoms with Gasteiger partial charge in [-0.25, -0.2) is 0 Å². The van der Waals surface area contributed by atoms with E-state index in [-0.39, 0.29) is 26.4 Å². The van der Waals surface area contributed by atoms with Crippen molar-refractivity contribution in [2.24, 2.45) is 0 Å². The highest BCUT2D eigenvalue weighted by Crippen LogP contribution is 1.90. The van der Waals surface area contributed by atoms with Gasteiger partial charge in [-0.2, -0.15) is 0 Å². The molecule has 0 fully saturated rings. The molecule has 0 aliphatic heterocycles. The van der Waals surface area contributed by atoms with Crippen molar-refractivity contribution >= 4 is 0 Å². The molecule has 5 N–H and O–H groups in total. The highest BCUT2D eigenvalue weighted by molar-refractivity contribution is 4.39. The Labute approximate surface area is 85.4 Å². The van der Waals surface area contributed by atoms with Gasteiger partial charge in [-0.05, 0) is 19.3 Å². The topological polar surface area (TPSA) is 93.0 Å². The fourth-order valence-electron chi connectivity index (χ4n) is 0.683. The second kappa shape index (κ2) is 18.6. The number of unbranched alkanes of at least 4 members (excludes halogenated alkanes) is 2. The van der Waals surface area contributed by atoms with E-state index in [1.54, 1.807) is 0 Å². The lowest BCUT2D eigenvalue weighted by atomic mass is 10.2. The number of nitrogens with one attached hydrogen (secondary N) is 1.